The maximum atomic E-state index is 12.1. The first kappa shape index (κ1) is 16.8. The lowest BCUT2D eigenvalue weighted by Crippen LogP contribution is -2.30. The van der Waals surface area contributed by atoms with Crippen molar-refractivity contribution in [2.24, 2.45) is 5.73 Å². The Bertz CT molecular complexity index is 675. The van der Waals surface area contributed by atoms with Crippen molar-refractivity contribution < 1.29 is 19.2 Å². The fraction of sp³-hybridized carbons (Fsp3) is 0.308. The summed E-state index contributed by atoms with van der Waals surface area (Å²) in [6.07, 6.45) is 0. The Hall–Kier alpha value is -1.61. The molecule has 1 heterocycles. The van der Waals surface area contributed by atoms with Crippen LogP contribution < -0.4 is 10.5 Å². The second-order valence-corrected chi connectivity index (χ2v) is 6.24. The minimum absolute atomic E-state index is 0.0314. The van der Waals surface area contributed by atoms with E-state index in [1.54, 1.807) is 19.1 Å². The third kappa shape index (κ3) is 3.25. The average Bonchev–Trinajstić information content (AvgIpc) is 2.40. The highest BCUT2D eigenvalue weighted by molar-refractivity contribution is 9.11. The number of nitro groups is 1. The number of nitrogens with zero attached hydrogens (tertiary/aromatic N) is 1. The van der Waals surface area contributed by atoms with Gasteiger partial charge in [0.05, 0.1) is 17.0 Å². The summed E-state index contributed by atoms with van der Waals surface area (Å²) in [4.78, 5) is 22.6. The van der Waals surface area contributed by atoms with Gasteiger partial charge in [0.25, 0.3) is 0 Å². The molecule has 0 spiro atoms. The van der Waals surface area contributed by atoms with Gasteiger partial charge in [-0.05, 0) is 35.0 Å². The van der Waals surface area contributed by atoms with E-state index in [2.05, 4.69) is 31.9 Å². The van der Waals surface area contributed by atoms with E-state index in [0.717, 1.165) is 0 Å². The van der Waals surface area contributed by atoms with Crippen molar-refractivity contribution >= 4 is 37.8 Å². The van der Waals surface area contributed by atoms with Gasteiger partial charge in [0.15, 0.2) is 0 Å². The molecule has 0 saturated heterocycles. The Morgan fingerprint density at radius 3 is 2.77 bits per heavy atom. The van der Waals surface area contributed by atoms with Crippen LogP contribution in [-0.2, 0) is 9.53 Å². The molecule has 118 valence electrons. The number of carbonyl (C=O) groups is 1. The zero-order valence-electron chi connectivity index (χ0n) is 11.5. The maximum absolute atomic E-state index is 12.1. The summed E-state index contributed by atoms with van der Waals surface area (Å²) in [5.74, 6) is -1.37. The molecule has 0 fully saturated rings. The number of fused-ring (bicyclic) bond motifs is 1. The molecule has 2 rings (SSSR count). The minimum Gasteiger partial charge on any atom is -0.462 e. The molecule has 7 nitrogen and oxygen atoms in total. The van der Waals surface area contributed by atoms with Gasteiger partial charge in [0.2, 0.25) is 12.4 Å². The number of benzene rings is 1. The molecule has 1 atom stereocenters. The van der Waals surface area contributed by atoms with Crippen molar-refractivity contribution in [3.05, 3.63) is 48.2 Å². The van der Waals surface area contributed by atoms with Crippen LogP contribution in [0.1, 0.15) is 18.4 Å². The number of esters is 1. The number of hydrogen-bond donors (Lipinski definition) is 1. The van der Waals surface area contributed by atoms with Gasteiger partial charge in [-0.2, -0.15) is 0 Å². The minimum atomic E-state index is -0.841. The van der Waals surface area contributed by atoms with Gasteiger partial charge < -0.3 is 15.2 Å². The van der Waals surface area contributed by atoms with Crippen LogP contribution in [0.5, 0.6) is 5.75 Å². The number of carbonyl (C=O) groups excluding carboxylic acids is 1. The van der Waals surface area contributed by atoms with Crippen molar-refractivity contribution in [2.75, 3.05) is 13.2 Å². The van der Waals surface area contributed by atoms with E-state index in [-0.39, 0.29) is 18.1 Å². The van der Waals surface area contributed by atoms with Crippen molar-refractivity contribution in [1.29, 1.82) is 0 Å². The average molecular weight is 436 g/mol. The van der Waals surface area contributed by atoms with Crippen LogP contribution >= 0.6 is 31.9 Å². The molecule has 0 aromatic heterocycles. The first-order valence-corrected chi connectivity index (χ1v) is 7.89. The van der Waals surface area contributed by atoms with E-state index in [4.69, 9.17) is 15.2 Å². The SMILES string of the molecule is CCOC(=O)C1=C(N)Oc2c(Br)cc(Br)cc2C1C[N+](=O)[O-]. The highest BCUT2D eigenvalue weighted by Crippen LogP contribution is 2.44. The normalized spacial score (nSPS) is 16.8. The molecular formula is C13H12Br2N2O5. The first-order valence-electron chi connectivity index (χ1n) is 6.30. The number of rotatable bonds is 4. The van der Waals surface area contributed by atoms with Gasteiger partial charge in [-0.3, -0.25) is 10.1 Å². The number of ether oxygens (including phenoxy) is 2. The predicted molar refractivity (Wildman–Crippen MR) is 84.9 cm³/mol. The van der Waals surface area contributed by atoms with Gasteiger partial charge in [-0.25, -0.2) is 4.79 Å². The smallest absolute Gasteiger partial charge is 0.340 e. The summed E-state index contributed by atoms with van der Waals surface area (Å²) in [5, 5.41) is 11.0. The van der Waals surface area contributed by atoms with Gasteiger partial charge >= 0.3 is 5.97 Å². The lowest BCUT2D eigenvalue weighted by molar-refractivity contribution is -0.482. The third-order valence-electron chi connectivity index (χ3n) is 3.07. The Morgan fingerprint density at radius 1 is 1.50 bits per heavy atom. The molecule has 1 aliphatic rings. The molecule has 2 N–H and O–H groups in total. The Balaban J connectivity index is 2.59. The van der Waals surface area contributed by atoms with Crippen LogP contribution in [0.3, 0.4) is 0 Å². The molecule has 9 heteroatoms. The van der Waals surface area contributed by atoms with E-state index in [1.165, 1.54) is 0 Å². The molecule has 1 unspecified atom stereocenters. The number of hydrogen-bond acceptors (Lipinski definition) is 6. The molecule has 0 amide bonds. The third-order valence-corrected chi connectivity index (χ3v) is 4.11. The lowest BCUT2D eigenvalue weighted by atomic mass is 9.88. The standard InChI is InChI=1S/C13H12Br2N2O5/c1-2-21-13(18)10-8(5-17(19)20)7-3-6(14)4-9(15)11(7)22-12(10)16/h3-4,8H,2,5,16H2,1H3. The molecule has 1 aromatic rings. The van der Waals surface area contributed by atoms with Crippen LogP contribution in [0.4, 0.5) is 0 Å². The Labute approximate surface area is 142 Å². The molecule has 22 heavy (non-hydrogen) atoms. The summed E-state index contributed by atoms with van der Waals surface area (Å²) in [6, 6.07) is 3.39. The Kier molecular flexibility index (Phi) is 5.07. The van der Waals surface area contributed by atoms with E-state index >= 15 is 0 Å². The van der Waals surface area contributed by atoms with Gasteiger partial charge in [-0.15, -0.1) is 0 Å². The molecule has 0 saturated carbocycles. The van der Waals surface area contributed by atoms with Crippen molar-refractivity contribution in [2.45, 2.75) is 12.8 Å². The molecule has 0 aliphatic carbocycles. The summed E-state index contributed by atoms with van der Waals surface area (Å²) in [7, 11) is 0. The summed E-state index contributed by atoms with van der Waals surface area (Å²) < 4.78 is 11.7. The van der Waals surface area contributed by atoms with Gasteiger partial charge in [0, 0.05) is 15.0 Å². The van der Waals surface area contributed by atoms with E-state index in [1.807, 2.05) is 0 Å². The number of nitrogens with two attached hydrogens (primary N) is 1. The van der Waals surface area contributed by atoms with Crippen LogP contribution in [0.2, 0.25) is 0 Å². The van der Waals surface area contributed by atoms with E-state index in [9.17, 15) is 14.9 Å². The quantitative estimate of drug-likeness (QED) is 0.442. The fourth-order valence-corrected chi connectivity index (χ4v) is 3.57. The second kappa shape index (κ2) is 6.66. The lowest BCUT2D eigenvalue weighted by Gasteiger charge is -2.26. The van der Waals surface area contributed by atoms with Crippen LogP contribution in [-0.4, -0.2) is 24.0 Å². The molecule has 0 radical (unpaired) electrons. The molecule has 1 aliphatic heterocycles. The Morgan fingerprint density at radius 2 is 2.18 bits per heavy atom. The summed E-state index contributed by atoms with van der Waals surface area (Å²) in [5.41, 5.74) is 6.26. The highest BCUT2D eigenvalue weighted by atomic mass is 79.9. The fourth-order valence-electron chi connectivity index (χ4n) is 2.23. The zero-order chi connectivity index (χ0) is 16.4. The second-order valence-electron chi connectivity index (χ2n) is 4.47. The van der Waals surface area contributed by atoms with Crippen LogP contribution in [0.15, 0.2) is 32.5 Å². The monoisotopic (exact) mass is 434 g/mol. The van der Waals surface area contributed by atoms with Crippen LogP contribution in [0, 0.1) is 10.1 Å². The molecule has 1 aromatic carbocycles. The van der Waals surface area contributed by atoms with E-state index < -0.39 is 23.4 Å². The highest BCUT2D eigenvalue weighted by Gasteiger charge is 2.38. The molecule has 0 bridgehead atoms. The van der Waals surface area contributed by atoms with Crippen molar-refractivity contribution in [3.63, 3.8) is 0 Å². The van der Waals surface area contributed by atoms with Crippen molar-refractivity contribution in [3.8, 4) is 5.75 Å². The van der Waals surface area contributed by atoms with Crippen molar-refractivity contribution in [1.82, 2.24) is 0 Å². The topological polar surface area (TPSA) is 105 Å². The summed E-state index contributed by atoms with van der Waals surface area (Å²) >= 11 is 6.64. The van der Waals surface area contributed by atoms with Crippen LogP contribution in [0.25, 0.3) is 0 Å². The summed E-state index contributed by atoms with van der Waals surface area (Å²) in [6.45, 7) is 1.28. The van der Waals surface area contributed by atoms with Gasteiger partial charge in [0.1, 0.15) is 11.3 Å². The number of halogens is 2. The van der Waals surface area contributed by atoms with E-state index in [0.29, 0.717) is 20.3 Å². The van der Waals surface area contributed by atoms with Gasteiger partial charge in [-0.1, -0.05) is 15.9 Å². The zero-order valence-corrected chi connectivity index (χ0v) is 14.6. The predicted octanol–water partition coefficient (Wildman–Crippen LogP) is 2.70. The first-order chi connectivity index (χ1) is 10.3. The molecular weight excluding hydrogens is 424 g/mol. The maximum Gasteiger partial charge on any atom is 0.340 e. The largest absolute Gasteiger partial charge is 0.462 e.